The van der Waals surface area contributed by atoms with Gasteiger partial charge in [0.05, 0.1) is 11.1 Å². The summed E-state index contributed by atoms with van der Waals surface area (Å²) in [7, 11) is 0. The number of halogens is 4. The largest absolute Gasteiger partial charge is 0.492 e. The molecule has 3 aromatic carbocycles. The molecule has 38 heavy (non-hydrogen) atoms. The number of nitrogens with zero attached hydrogens (tertiary/aromatic N) is 2. The summed E-state index contributed by atoms with van der Waals surface area (Å²) in [5.41, 5.74) is 2.88. The molecule has 0 saturated carbocycles. The second-order valence-electron chi connectivity index (χ2n) is 9.71. The highest BCUT2D eigenvalue weighted by molar-refractivity contribution is 5.93. The van der Waals surface area contributed by atoms with Crippen molar-refractivity contribution < 1.29 is 22.3 Å². The molecule has 0 bridgehead atoms. The van der Waals surface area contributed by atoms with Gasteiger partial charge in [-0.3, -0.25) is 9.88 Å². The molecular weight excluding hydrogens is 494 g/mol. The molecule has 1 saturated heterocycles. The second-order valence-corrected chi connectivity index (χ2v) is 9.71. The normalized spacial score (nSPS) is 15.1. The van der Waals surface area contributed by atoms with E-state index in [2.05, 4.69) is 15.2 Å². The Balaban J connectivity index is 1.25. The van der Waals surface area contributed by atoms with Crippen molar-refractivity contribution >= 4 is 22.3 Å². The number of likely N-dealkylation sites (tertiary alicyclic amines) is 1. The van der Waals surface area contributed by atoms with Crippen molar-refractivity contribution in [3.8, 4) is 5.75 Å². The Bertz CT molecular complexity index is 1400. The molecule has 0 spiro atoms. The number of aryl methyl sites for hydroxylation is 1. The van der Waals surface area contributed by atoms with Crippen LogP contribution in [0.2, 0.25) is 0 Å². The smallest absolute Gasteiger partial charge is 0.416 e. The van der Waals surface area contributed by atoms with Gasteiger partial charge in [0.2, 0.25) is 0 Å². The minimum Gasteiger partial charge on any atom is -0.492 e. The monoisotopic (exact) mass is 523 g/mol. The fourth-order valence-electron chi connectivity index (χ4n) is 5.00. The third-order valence-electron chi connectivity index (χ3n) is 6.96. The number of para-hydroxylation sites is 1. The molecule has 1 aromatic heterocycles. The van der Waals surface area contributed by atoms with Crippen LogP contribution >= 0.6 is 0 Å². The first-order chi connectivity index (χ1) is 18.2. The van der Waals surface area contributed by atoms with Crippen LogP contribution in [0, 0.1) is 12.7 Å². The number of pyridine rings is 1. The van der Waals surface area contributed by atoms with Crippen LogP contribution in [-0.4, -0.2) is 36.1 Å². The molecule has 0 aliphatic carbocycles. The molecule has 0 unspecified atom stereocenters. The molecule has 1 fully saturated rings. The van der Waals surface area contributed by atoms with E-state index in [1.54, 1.807) is 6.07 Å². The topological polar surface area (TPSA) is 37.4 Å². The molecule has 5 rings (SSSR count). The van der Waals surface area contributed by atoms with Crippen molar-refractivity contribution in [2.45, 2.75) is 31.9 Å². The lowest BCUT2D eigenvalue weighted by Crippen LogP contribution is -2.35. The number of nitrogens with one attached hydrogen (secondary N) is 1. The predicted molar refractivity (Wildman–Crippen MR) is 142 cm³/mol. The van der Waals surface area contributed by atoms with Gasteiger partial charge in [-0.15, -0.1) is 0 Å². The van der Waals surface area contributed by atoms with Crippen molar-refractivity contribution in [3.63, 3.8) is 0 Å². The van der Waals surface area contributed by atoms with Crippen LogP contribution in [0.25, 0.3) is 10.9 Å². The molecule has 8 heteroatoms. The number of benzene rings is 3. The quantitative estimate of drug-likeness (QED) is 0.252. The highest BCUT2D eigenvalue weighted by Crippen LogP contribution is 2.36. The third kappa shape index (κ3) is 6.25. The zero-order valence-electron chi connectivity index (χ0n) is 21.1. The number of aromatic nitrogens is 1. The van der Waals surface area contributed by atoms with Crippen molar-refractivity contribution in [2.75, 3.05) is 31.6 Å². The maximum absolute atomic E-state index is 13.7. The SMILES string of the molecule is Cc1cc(Nc2cc(OCCN3CCC(c4ccc(F)cc4)CC3)cc(C(F)(F)F)c2)c2ccccc2n1. The van der Waals surface area contributed by atoms with Crippen LogP contribution in [0.5, 0.6) is 5.75 Å². The van der Waals surface area contributed by atoms with Crippen LogP contribution in [0.4, 0.5) is 28.9 Å². The Morgan fingerprint density at radius 1 is 0.974 bits per heavy atom. The average molecular weight is 524 g/mol. The fraction of sp³-hybridized carbons (Fsp3) is 0.300. The van der Waals surface area contributed by atoms with E-state index in [-0.39, 0.29) is 18.2 Å². The molecule has 0 radical (unpaired) electrons. The van der Waals surface area contributed by atoms with E-state index >= 15 is 0 Å². The van der Waals surface area contributed by atoms with Crippen molar-refractivity contribution in [1.29, 1.82) is 0 Å². The van der Waals surface area contributed by atoms with Crippen molar-refractivity contribution in [2.24, 2.45) is 0 Å². The summed E-state index contributed by atoms with van der Waals surface area (Å²) in [6.45, 7) is 4.45. The minimum atomic E-state index is -4.51. The first-order valence-electron chi connectivity index (χ1n) is 12.7. The first kappa shape index (κ1) is 26.0. The summed E-state index contributed by atoms with van der Waals surface area (Å²) in [6.07, 6.45) is -2.61. The van der Waals surface area contributed by atoms with Crippen LogP contribution in [0.3, 0.4) is 0 Å². The van der Waals surface area contributed by atoms with Gasteiger partial charge in [-0.25, -0.2) is 4.39 Å². The fourth-order valence-corrected chi connectivity index (χ4v) is 5.00. The van der Waals surface area contributed by atoms with E-state index in [9.17, 15) is 17.6 Å². The lowest BCUT2D eigenvalue weighted by molar-refractivity contribution is -0.137. The Morgan fingerprint density at radius 3 is 2.45 bits per heavy atom. The number of piperidine rings is 1. The molecule has 1 N–H and O–H groups in total. The Kier molecular flexibility index (Phi) is 7.51. The Morgan fingerprint density at radius 2 is 1.71 bits per heavy atom. The Labute approximate surface area is 219 Å². The van der Waals surface area contributed by atoms with Crippen LogP contribution in [0.1, 0.15) is 35.6 Å². The predicted octanol–water partition coefficient (Wildman–Crippen LogP) is 7.70. The highest BCUT2D eigenvalue weighted by atomic mass is 19.4. The number of rotatable bonds is 7. The van der Waals surface area contributed by atoms with Gasteiger partial charge >= 0.3 is 6.18 Å². The molecule has 1 aliphatic heterocycles. The second kappa shape index (κ2) is 11.0. The van der Waals surface area contributed by atoms with Crippen LogP contribution < -0.4 is 10.1 Å². The van der Waals surface area contributed by atoms with Gasteiger partial charge < -0.3 is 10.1 Å². The zero-order valence-corrected chi connectivity index (χ0v) is 21.1. The van der Waals surface area contributed by atoms with Gasteiger partial charge in [0.25, 0.3) is 0 Å². The number of alkyl halides is 3. The molecule has 0 atom stereocenters. The molecule has 4 aromatic rings. The third-order valence-corrected chi connectivity index (χ3v) is 6.96. The summed E-state index contributed by atoms with van der Waals surface area (Å²) in [5, 5.41) is 3.97. The number of ether oxygens (including phenoxy) is 1. The van der Waals surface area contributed by atoms with Gasteiger partial charge in [0, 0.05) is 35.1 Å². The number of hydrogen-bond donors (Lipinski definition) is 1. The lowest BCUT2D eigenvalue weighted by Gasteiger charge is -2.32. The first-order valence-corrected chi connectivity index (χ1v) is 12.7. The standard InChI is InChI=1S/C30H29F4N3O/c1-20-16-29(27-4-2-3-5-28(27)35-20)36-25-17-23(30(32,33)34)18-26(19-25)38-15-14-37-12-10-22(11-13-37)21-6-8-24(31)9-7-21/h2-9,16-19,22H,10-15H2,1H3,(H,35,36). The van der Waals surface area contributed by atoms with E-state index in [0.717, 1.165) is 60.2 Å². The van der Waals surface area contributed by atoms with E-state index in [1.165, 1.54) is 12.1 Å². The van der Waals surface area contributed by atoms with Crippen molar-refractivity contribution in [3.05, 3.63) is 95.4 Å². The molecule has 1 aliphatic rings. The van der Waals surface area contributed by atoms with Gasteiger partial charge in [-0.1, -0.05) is 30.3 Å². The van der Waals surface area contributed by atoms with Crippen molar-refractivity contribution in [1.82, 2.24) is 9.88 Å². The molecule has 2 heterocycles. The molecule has 198 valence electrons. The van der Waals surface area contributed by atoms with Gasteiger partial charge in [0.1, 0.15) is 18.2 Å². The maximum Gasteiger partial charge on any atom is 0.416 e. The molecular formula is C30H29F4N3O. The van der Waals surface area contributed by atoms with Crippen LogP contribution in [-0.2, 0) is 6.18 Å². The number of fused-ring (bicyclic) bond motifs is 1. The van der Waals surface area contributed by atoms with Crippen LogP contribution in [0.15, 0.2) is 72.8 Å². The van der Waals surface area contributed by atoms with E-state index in [4.69, 9.17) is 4.74 Å². The van der Waals surface area contributed by atoms with E-state index in [0.29, 0.717) is 23.8 Å². The average Bonchev–Trinajstić information content (AvgIpc) is 2.89. The minimum absolute atomic E-state index is 0.165. The zero-order chi connectivity index (χ0) is 26.7. The maximum atomic E-state index is 13.7. The summed E-state index contributed by atoms with van der Waals surface area (Å²) in [4.78, 5) is 6.75. The van der Waals surface area contributed by atoms with Gasteiger partial charge in [-0.05, 0) is 80.7 Å². The molecule has 4 nitrogen and oxygen atoms in total. The summed E-state index contributed by atoms with van der Waals surface area (Å²) < 4.78 is 60.1. The number of anilines is 2. The highest BCUT2D eigenvalue weighted by Gasteiger charge is 2.31. The lowest BCUT2D eigenvalue weighted by atomic mass is 9.89. The van der Waals surface area contributed by atoms with E-state index < -0.39 is 11.7 Å². The van der Waals surface area contributed by atoms with Gasteiger partial charge in [-0.2, -0.15) is 13.2 Å². The Hall–Kier alpha value is -3.65. The van der Waals surface area contributed by atoms with Gasteiger partial charge in [0.15, 0.2) is 0 Å². The summed E-state index contributed by atoms with van der Waals surface area (Å²) in [5.74, 6) is 0.317. The summed E-state index contributed by atoms with van der Waals surface area (Å²) in [6, 6.07) is 19.7. The number of hydrogen-bond acceptors (Lipinski definition) is 4. The summed E-state index contributed by atoms with van der Waals surface area (Å²) >= 11 is 0. The van der Waals surface area contributed by atoms with E-state index in [1.807, 2.05) is 49.4 Å². The molecule has 0 amide bonds.